The molecule has 0 rings (SSSR count). The first kappa shape index (κ1) is 22.8. The quantitative estimate of drug-likeness (QED) is 0.345. The Balaban J connectivity index is 5.14. The maximum atomic E-state index is 12.3. The molecule has 0 aliphatic rings. The third-order valence-electron chi connectivity index (χ3n) is 4.07. The maximum Gasteiger partial charge on any atom is 0.326 e. The average Bonchev–Trinajstić information content (AvgIpc) is 2.53. The number of carbonyl (C=O) groups excluding carboxylic acids is 2. The van der Waals surface area contributed by atoms with Gasteiger partial charge in [0.1, 0.15) is 12.1 Å². The molecule has 0 aromatic heterocycles. The first-order valence-electron chi connectivity index (χ1n) is 8.32. The third-order valence-corrected chi connectivity index (χ3v) is 4.07. The van der Waals surface area contributed by atoms with Gasteiger partial charge in [0, 0.05) is 6.42 Å². The standard InChI is InChI=1S/C16H29N3O6/c1-5-9(4)12(17)15(23)18-10(6-7-11(20)21)14(22)19-13(8(2)3)16(24)25/h8-10,12-13H,5-7,17H2,1-4H3,(H,18,23)(H,19,22)(H,20,21)(H,24,25)/t9-,10-,12-,13-/m0/s1. The fraction of sp³-hybridized carbons (Fsp3) is 0.750. The summed E-state index contributed by atoms with van der Waals surface area (Å²) in [7, 11) is 0. The van der Waals surface area contributed by atoms with Crippen LogP contribution in [0.3, 0.4) is 0 Å². The summed E-state index contributed by atoms with van der Waals surface area (Å²) in [6.45, 7) is 6.91. The van der Waals surface area contributed by atoms with E-state index in [9.17, 15) is 19.2 Å². The molecule has 0 aliphatic heterocycles. The van der Waals surface area contributed by atoms with E-state index in [0.717, 1.165) is 0 Å². The number of amides is 2. The minimum Gasteiger partial charge on any atom is -0.481 e. The number of carboxylic acid groups (broad SMARTS) is 2. The lowest BCUT2D eigenvalue weighted by molar-refractivity contribution is -0.144. The fourth-order valence-electron chi connectivity index (χ4n) is 2.08. The van der Waals surface area contributed by atoms with Gasteiger partial charge in [0.2, 0.25) is 11.8 Å². The Morgan fingerprint density at radius 3 is 1.96 bits per heavy atom. The Morgan fingerprint density at radius 1 is 1.00 bits per heavy atom. The SMILES string of the molecule is CC[C@H](C)[C@H](N)C(=O)N[C@@H](CCC(=O)O)C(=O)N[C@H](C(=O)O)C(C)C. The van der Waals surface area contributed by atoms with Gasteiger partial charge in [-0.1, -0.05) is 34.1 Å². The van der Waals surface area contributed by atoms with Gasteiger partial charge >= 0.3 is 11.9 Å². The minimum absolute atomic E-state index is 0.120. The van der Waals surface area contributed by atoms with E-state index in [2.05, 4.69) is 10.6 Å². The molecule has 0 unspecified atom stereocenters. The summed E-state index contributed by atoms with van der Waals surface area (Å²) in [4.78, 5) is 46.5. The molecule has 0 spiro atoms. The van der Waals surface area contributed by atoms with Gasteiger partial charge in [-0.05, 0) is 18.3 Å². The predicted octanol–water partition coefficient (Wildman–Crippen LogP) is -0.0652. The van der Waals surface area contributed by atoms with Crippen molar-refractivity contribution in [2.24, 2.45) is 17.6 Å². The molecule has 144 valence electrons. The number of carboxylic acids is 2. The predicted molar refractivity (Wildman–Crippen MR) is 90.6 cm³/mol. The lowest BCUT2D eigenvalue weighted by Gasteiger charge is -2.25. The molecule has 25 heavy (non-hydrogen) atoms. The van der Waals surface area contributed by atoms with Crippen molar-refractivity contribution in [3.05, 3.63) is 0 Å². The molecule has 4 atom stereocenters. The van der Waals surface area contributed by atoms with Crippen LogP contribution in [0.1, 0.15) is 47.0 Å². The van der Waals surface area contributed by atoms with E-state index in [1.54, 1.807) is 20.8 Å². The van der Waals surface area contributed by atoms with Gasteiger partial charge in [-0.3, -0.25) is 14.4 Å². The smallest absolute Gasteiger partial charge is 0.326 e. The van der Waals surface area contributed by atoms with E-state index < -0.39 is 41.9 Å². The molecule has 0 saturated carbocycles. The van der Waals surface area contributed by atoms with Crippen LogP contribution >= 0.6 is 0 Å². The summed E-state index contributed by atoms with van der Waals surface area (Å²) in [6.07, 6.45) is 0.149. The molecule has 0 radical (unpaired) electrons. The number of nitrogens with one attached hydrogen (secondary N) is 2. The van der Waals surface area contributed by atoms with Crippen LogP contribution in [0, 0.1) is 11.8 Å². The monoisotopic (exact) mass is 359 g/mol. The van der Waals surface area contributed by atoms with Crippen LogP contribution < -0.4 is 16.4 Å². The summed E-state index contributed by atoms with van der Waals surface area (Å²) in [5.41, 5.74) is 5.82. The normalized spacial score (nSPS) is 15.8. The Morgan fingerprint density at radius 2 is 1.56 bits per heavy atom. The van der Waals surface area contributed by atoms with Gasteiger partial charge in [0.05, 0.1) is 6.04 Å². The summed E-state index contributed by atoms with van der Waals surface area (Å²) in [5.74, 6) is -4.14. The van der Waals surface area contributed by atoms with E-state index >= 15 is 0 Å². The lowest BCUT2D eigenvalue weighted by Crippen LogP contribution is -2.56. The Hall–Kier alpha value is -2.16. The molecule has 0 saturated heterocycles. The molecule has 2 amide bonds. The van der Waals surface area contributed by atoms with Gasteiger partial charge in [0.15, 0.2) is 0 Å². The van der Waals surface area contributed by atoms with Crippen LogP contribution in [-0.2, 0) is 19.2 Å². The molecule has 0 bridgehead atoms. The average molecular weight is 359 g/mol. The van der Waals surface area contributed by atoms with Crippen molar-refractivity contribution in [2.75, 3.05) is 0 Å². The molecule has 0 aromatic carbocycles. The highest BCUT2D eigenvalue weighted by molar-refractivity contribution is 5.92. The topological polar surface area (TPSA) is 159 Å². The third kappa shape index (κ3) is 7.97. The zero-order valence-electron chi connectivity index (χ0n) is 15.1. The second-order valence-electron chi connectivity index (χ2n) is 6.47. The van der Waals surface area contributed by atoms with E-state index in [-0.39, 0.29) is 24.7 Å². The number of hydrogen-bond acceptors (Lipinski definition) is 5. The van der Waals surface area contributed by atoms with E-state index in [0.29, 0.717) is 6.42 Å². The lowest BCUT2D eigenvalue weighted by atomic mass is 9.98. The van der Waals surface area contributed by atoms with E-state index in [4.69, 9.17) is 15.9 Å². The summed E-state index contributed by atoms with van der Waals surface area (Å²) < 4.78 is 0. The van der Waals surface area contributed by atoms with Crippen molar-refractivity contribution in [3.8, 4) is 0 Å². The van der Waals surface area contributed by atoms with E-state index in [1.807, 2.05) is 6.92 Å². The van der Waals surface area contributed by atoms with Gasteiger partial charge in [-0.15, -0.1) is 0 Å². The number of hydrogen-bond donors (Lipinski definition) is 5. The highest BCUT2D eigenvalue weighted by Crippen LogP contribution is 2.08. The molecular formula is C16H29N3O6. The second-order valence-corrected chi connectivity index (χ2v) is 6.47. The number of nitrogens with two attached hydrogens (primary N) is 1. The van der Waals surface area contributed by atoms with Crippen molar-refractivity contribution in [3.63, 3.8) is 0 Å². The maximum absolute atomic E-state index is 12.3. The molecule has 6 N–H and O–H groups in total. The highest BCUT2D eigenvalue weighted by Gasteiger charge is 2.30. The molecule has 0 aromatic rings. The van der Waals surface area contributed by atoms with Gasteiger partial charge in [-0.2, -0.15) is 0 Å². The summed E-state index contributed by atoms with van der Waals surface area (Å²) in [5, 5.41) is 22.7. The summed E-state index contributed by atoms with van der Waals surface area (Å²) >= 11 is 0. The molecule has 9 heteroatoms. The van der Waals surface area contributed by atoms with Crippen LogP contribution in [0.5, 0.6) is 0 Å². The number of aliphatic carboxylic acids is 2. The molecule has 0 fully saturated rings. The number of rotatable bonds is 11. The van der Waals surface area contributed by atoms with Crippen molar-refractivity contribution >= 4 is 23.8 Å². The van der Waals surface area contributed by atoms with Gasteiger partial charge in [0.25, 0.3) is 0 Å². The van der Waals surface area contributed by atoms with E-state index in [1.165, 1.54) is 0 Å². The van der Waals surface area contributed by atoms with Crippen LogP contribution in [-0.4, -0.2) is 52.1 Å². The van der Waals surface area contributed by atoms with Crippen LogP contribution in [0.15, 0.2) is 0 Å². The Kier molecular flexibility index (Phi) is 9.73. The summed E-state index contributed by atoms with van der Waals surface area (Å²) in [6, 6.07) is -3.15. The van der Waals surface area contributed by atoms with Crippen molar-refractivity contribution in [2.45, 2.75) is 65.1 Å². The highest BCUT2D eigenvalue weighted by atomic mass is 16.4. The van der Waals surface area contributed by atoms with Crippen LogP contribution in [0.4, 0.5) is 0 Å². The van der Waals surface area contributed by atoms with Crippen molar-refractivity contribution in [1.82, 2.24) is 10.6 Å². The first-order chi connectivity index (χ1) is 11.5. The fourth-order valence-corrected chi connectivity index (χ4v) is 2.08. The van der Waals surface area contributed by atoms with Gasteiger partial charge < -0.3 is 26.6 Å². The van der Waals surface area contributed by atoms with Crippen LogP contribution in [0.2, 0.25) is 0 Å². The largest absolute Gasteiger partial charge is 0.481 e. The minimum atomic E-state index is -1.21. The molecule has 9 nitrogen and oxygen atoms in total. The Labute approximate surface area is 147 Å². The molecular weight excluding hydrogens is 330 g/mol. The van der Waals surface area contributed by atoms with Crippen molar-refractivity contribution in [1.29, 1.82) is 0 Å². The molecule has 0 aliphatic carbocycles. The number of carbonyl (C=O) groups is 4. The molecule has 0 heterocycles. The first-order valence-corrected chi connectivity index (χ1v) is 8.32. The van der Waals surface area contributed by atoms with Crippen LogP contribution in [0.25, 0.3) is 0 Å². The zero-order valence-corrected chi connectivity index (χ0v) is 15.1. The van der Waals surface area contributed by atoms with Gasteiger partial charge in [-0.25, -0.2) is 4.79 Å². The zero-order chi connectivity index (χ0) is 19.7. The second kappa shape index (κ2) is 10.7. The Bertz CT molecular complexity index is 494. The van der Waals surface area contributed by atoms with Crippen molar-refractivity contribution < 1.29 is 29.4 Å².